The summed E-state index contributed by atoms with van der Waals surface area (Å²) in [6.07, 6.45) is -4.53. The van der Waals surface area contributed by atoms with E-state index < -0.39 is 11.7 Å². The van der Waals surface area contributed by atoms with Gasteiger partial charge in [-0.15, -0.1) is 0 Å². The van der Waals surface area contributed by atoms with Crippen LogP contribution < -0.4 is 0 Å². The highest BCUT2D eigenvalue weighted by Crippen LogP contribution is 2.61. The molecule has 2 aliphatic carbocycles. The summed E-state index contributed by atoms with van der Waals surface area (Å²) in [7, 11) is 0. The summed E-state index contributed by atoms with van der Waals surface area (Å²) in [5.41, 5.74) is 11.7. The SMILES string of the molecule is FC(F)(F)c1cc2c3c(cc4ccccc4c3c1)-c1c-2c(-c2ccccc2)c2ccc3c4cc5c(cc4ccc3c2c1-c1ccccc1)-c1cccc2c1c-5cc1ccccc12.FF.FF.FF.FF.FF.FF.FF. The fourth-order valence-corrected chi connectivity index (χ4v) is 11.4. The molecule has 0 N–H and O–H groups in total. The highest BCUT2D eigenvalue weighted by molar-refractivity contribution is 6.35. The average Bonchev–Trinajstić information content (AvgIpc) is 4.08. The lowest BCUT2D eigenvalue weighted by Gasteiger charge is -2.22. The predicted molar refractivity (Wildman–Crippen MR) is 269 cm³/mol. The van der Waals surface area contributed by atoms with Gasteiger partial charge in [-0.05, 0) is 179 Å². The van der Waals surface area contributed by atoms with Crippen LogP contribution in [-0.2, 0) is 6.18 Å². The van der Waals surface area contributed by atoms with Crippen molar-refractivity contribution in [2.45, 2.75) is 6.18 Å². The van der Waals surface area contributed by atoms with Crippen LogP contribution in [-0.4, -0.2) is 0 Å². The second-order valence-corrected chi connectivity index (χ2v) is 17.0. The lowest BCUT2D eigenvalue weighted by atomic mass is 9.80. The van der Waals surface area contributed by atoms with E-state index in [4.69, 9.17) is 64.0 Å². The van der Waals surface area contributed by atoms with Gasteiger partial charge in [0.05, 0.1) is 5.56 Å². The Morgan fingerprint density at radius 2 is 0.645 bits per heavy atom. The highest BCUT2D eigenvalue weighted by atomic mass is 20.0. The third-order valence-corrected chi connectivity index (χ3v) is 13.8. The number of halogens is 17. The molecule has 0 fully saturated rings. The fraction of sp³-hybridized carbons (Fsp3) is 0.0169. The van der Waals surface area contributed by atoms with Crippen LogP contribution in [0, 0.1) is 0 Å². The van der Waals surface area contributed by atoms with Crippen molar-refractivity contribution in [1.29, 1.82) is 0 Å². The van der Waals surface area contributed by atoms with Crippen LogP contribution in [0.3, 0.4) is 0 Å². The molecule has 0 spiro atoms. The lowest BCUT2D eigenvalue weighted by Crippen LogP contribution is -2.05. The standard InChI is InChI=1S/C59H31F3.7F2/c60-59(61,62)37-29-49-39-19-10-8-17-35(39)28-50-55(49)51(30-37)57-52(32-12-3-1-4-13-32)44-25-24-40-43(56(44)53(58(50)57)33-14-5-2-6-15-33)23-22-36-26-46-42-21-11-20-41-38-18-9-7-16-34(38)27-48(54(41)42)47(46)31-45(36)40;7*1-2/h1-31H;;;;;;;. The van der Waals surface area contributed by atoms with Gasteiger partial charge in [-0.1, -0.05) is 152 Å². The first-order chi connectivity index (χ1) is 37.4. The molecule has 0 aromatic heterocycles. The zero-order chi connectivity index (χ0) is 55.0. The highest BCUT2D eigenvalue weighted by Gasteiger charge is 2.37. The monoisotopic (exact) mass is 1060 g/mol. The van der Waals surface area contributed by atoms with Crippen molar-refractivity contribution in [1.82, 2.24) is 0 Å². The zero-order valence-corrected chi connectivity index (χ0v) is 38.3. The maximum atomic E-state index is 15.0. The summed E-state index contributed by atoms with van der Waals surface area (Å²) in [6.45, 7) is 0. The normalized spacial score (nSPS) is 11.0. The molecule has 0 aliphatic heterocycles. The molecule has 0 bridgehead atoms. The Bertz CT molecular complexity index is 4030. The van der Waals surface area contributed by atoms with E-state index in [1.165, 1.54) is 66.7 Å². The van der Waals surface area contributed by atoms with Gasteiger partial charge in [0, 0.05) is 64.0 Å². The molecule has 0 atom stereocenters. The maximum Gasteiger partial charge on any atom is 0.416 e. The number of rotatable bonds is 2. The Kier molecular flexibility index (Phi) is 17.1. The summed E-state index contributed by atoms with van der Waals surface area (Å²) < 4.78 is 157. The number of alkyl halides is 3. The van der Waals surface area contributed by atoms with Gasteiger partial charge in [0.1, 0.15) is 0 Å². The minimum Gasteiger partial charge on any atom is -0.166 e. The van der Waals surface area contributed by atoms with Crippen LogP contribution >= 0.6 is 0 Å². The first-order valence-corrected chi connectivity index (χ1v) is 22.1. The van der Waals surface area contributed by atoms with Crippen LogP contribution in [0.25, 0.3) is 142 Å². The first-order valence-electron chi connectivity index (χ1n) is 22.1. The molecular formula is C59H31F17. The Labute approximate surface area is 418 Å². The van der Waals surface area contributed by atoms with Crippen molar-refractivity contribution in [2.75, 3.05) is 0 Å². The second kappa shape index (κ2) is 23.6. The van der Waals surface area contributed by atoms with E-state index >= 15 is 13.2 Å². The van der Waals surface area contributed by atoms with Crippen molar-refractivity contribution in [2.24, 2.45) is 0 Å². The summed E-state index contributed by atoms with van der Waals surface area (Å²) in [6, 6.07) is 65.0. The number of hydrogen-bond acceptors (Lipinski definition) is 0. The van der Waals surface area contributed by atoms with Crippen LogP contribution in [0.4, 0.5) is 77.2 Å². The van der Waals surface area contributed by atoms with Gasteiger partial charge >= 0.3 is 6.18 Å². The van der Waals surface area contributed by atoms with Gasteiger partial charge in [-0.25, -0.2) is 0 Å². The molecule has 386 valence electrons. The minimum absolute atomic E-state index is 0.620. The quantitative estimate of drug-likeness (QED) is 0.120. The topological polar surface area (TPSA) is 0 Å². The van der Waals surface area contributed by atoms with Crippen molar-refractivity contribution < 1.29 is 77.2 Å². The molecule has 76 heavy (non-hydrogen) atoms. The zero-order valence-electron chi connectivity index (χ0n) is 38.3. The molecule has 0 heterocycles. The molecule has 0 unspecified atom stereocenters. The van der Waals surface area contributed by atoms with Crippen LogP contribution in [0.5, 0.6) is 0 Å². The molecule has 12 aromatic rings. The second-order valence-electron chi connectivity index (χ2n) is 17.0. The number of fused-ring (bicyclic) bond motifs is 15. The predicted octanol–water partition coefficient (Wildman–Crippen LogP) is 23.3. The fourth-order valence-electron chi connectivity index (χ4n) is 11.4. The van der Waals surface area contributed by atoms with E-state index in [-0.39, 0.29) is 0 Å². The third-order valence-electron chi connectivity index (χ3n) is 13.8. The Hall–Kier alpha value is -8.73. The number of benzene rings is 12. The van der Waals surface area contributed by atoms with E-state index in [2.05, 4.69) is 127 Å². The maximum absolute atomic E-state index is 15.0. The average molecular weight is 1060 g/mol. The minimum atomic E-state index is -4.53. The van der Waals surface area contributed by atoms with Gasteiger partial charge in [-0.3, -0.25) is 0 Å². The molecule has 0 nitrogen and oxygen atoms in total. The third kappa shape index (κ3) is 8.78. The van der Waals surface area contributed by atoms with Crippen LogP contribution in [0.1, 0.15) is 5.56 Å². The Balaban J connectivity index is 0.000000559. The summed E-state index contributed by atoms with van der Waals surface area (Å²) in [5.74, 6) is 0. The molecule has 17 heteroatoms. The molecular weight excluding hydrogens is 1030 g/mol. The molecule has 2 aliphatic rings. The number of hydrogen-bond donors (Lipinski definition) is 0. The Morgan fingerprint density at radius 1 is 0.224 bits per heavy atom. The molecule has 0 radical (unpaired) electrons. The molecule has 0 saturated carbocycles. The van der Waals surface area contributed by atoms with E-state index in [1.807, 2.05) is 48.5 Å². The van der Waals surface area contributed by atoms with Crippen molar-refractivity contribution >= 4 is 75.4 Å². The van der Waals surface area contributed by atoms with Crippen LogP contribution in [0.15, 0.2) is 188 Å². The smallest absolute Gasteiger partial charge is 0.166 e. The van der Waals surface area contributed by atoms with Crippen LogP contribution in [0.2, 0.25) is 0 Å². The van der Waals surface area contributed by atoms with E-state index in [9.17, 15) is 0 Å². The largest absolute Gasteiger partial charge is 0.416 e. The molecule has 12 aromatic carbocycles. The Morgan fingerprint density at radius 3 is 1.25 bits per heavy atom. The van der Waals surface area contributed by atoms with Gasteiger partial charge < -0.3 is 0 Å². The van der Waals surface area contributed by atoms with Gasteiger partial charge in [-0.2, -0.15) is 13.2 Å². The van der Waals surface area contributed by atoms with E-state index in [0.717, 1.165) is 76.6 Å². The summed E-state index contributed by atoms with van der Waals surface area (Å²) in [5, 5.41) is 15.0. The van der Waals surface area contributed by atoms with Gasteiger partial charge in [0.15, 0.2) is 0 Å². The molecule has 0 amide bonds. The lowest BCUT2D eigenvalue weighted by molar-refractivity contribution is -0.137. The van der Waals surface area contributed by atoms with Gasteiger partial charge in [0.25, 0.3) is 0 Å². The van der Waals surface area contributed by atoms with Crippen molar-refractivity contribution in [3.8, 4) is 66.8 Å². The van der Waals surface area contributed by atoms with Crippen molar-refractivity contribution in [3.05, 3.63) is 194 Å². The van der Waals surface area contributed by atoms with E-state index in [0.29, 0.717) is 10.9 Å². The first kappa shape index (κ1) is 55.0. The molecule has 0 saturated heterocycles. The molecule has 14 rings (SSSR count). The van der Waals surface area contributed by atoms with Crippen molar-refractivity contribution in [3.63, 3.8) is 0 Å². The summed E-state index contributed by atoms with van der Waals surface area (Å²) in [4.78, 5) is 0. The summed E-state index contributed by atoms with van der Waals surface area (Å²) >= 11 is 0. The van der Waals surface area contributed by atoms with Gasteiger partial charge in [0.2, 0.25) is 0 Å². The van der Waals surface area contributed by atoms with E-state index in [1.54, 1.807) is 0 Å².